The van der Waals surface area contributed by atoms with Gasteiger partial charge in [-0.1, -0.05) is 17.3 Å². The number of aromatic nitrogens is 1. The highest BCUT2D eigenvalue weighted by Gasteiger charge is 2.19. The summed E-state index contributed by atoms with van der Waals surface area (Å²) in [5.41, 5.74) is 1.26. The Labute approximate surface area is 157 Å². The minimum Gasteiger partial charge on any atom is -0.454 e. The molecule has 0 bridgehead atoms. The highest BCUT2D eigenvalue weighted by molar-refractivity contribution is 7.16. The van der Waals surface area contributed by atoms with Crippen molar-refractivity contribution in [1.29, 1.82) is 0 Å². The molecule has 134 valence electrons. The molecule has 3 heterocycles. The molecule has 0 saturated heterocycles. The fourth-order valence-electron chi connectivity index (χ4n) is 2.97. The van der Waals surface area contributed by atoms with Crippen LogP contribution in [0.1, 0.15) is 10.4 Å². The maximum atomic E-state index is 12.7. The lowest BCUT2D eigenvalue weighted by molar-refractivity contribution is 0.0997. The third-order valence-electron chi connectivity index (χ3n) is 4.24. The van der Waals surface area contributed by atoms with E-state index in [4.69, 9.17) is 25.4 Å². The second-order valence-electron chi connectivity index (χ2n) is 5.83. The molecule has 27 heavy (non-hydrogen) atoms. The van der Waals surface area contributed by atoms with Crippen LogP contribution in [0.3, 0.4) is 0 Å². The molecule has 1 amide bonds. The van der Waals surface area contributed by atoms with E-state index >= 15 is 0 Å². The smallest absolute Gasteiger partial charge is 0.279 e. The molecule has 0 saturated carbocycles. The van der Waals surface area contributed by atoms with Crippen molar-refractivity contribution < 1.29 is 23.7 Å². The minimum absolute atomic E-state index is 0.150. The van der Waals surface area contributed by atoms with E-state index in [2.05, 4.69) is 10.9 Å². The van der Waals surface area contributed by atoms with Gasteiger partial charge in [-0.3, -0.25) is 4.79 Å². The molecule has 3 aromatic rings. The Balaban J connectivity index is 1.62. The number of thiazole rings is 1. The first kappa shape index (κ1) is 15.8. The average Bonchev–Trinajstić information content (AvgIpc) is 3.38. The first-order chi connectivity index (χ1) is 13.2. The predicted molar refractivity (Wildman–Crippen MR) is 97.2 cm³/mol. The number of hydrogen-bond acceptors (Lipinski definition) is 6. The van der Waals surface area contributed by atoms with Crippen LogP contribution >= 0.6 is 11.3 Å². The Hall–Kier alpha value is -3.44. The summed E-state index contributed by atoms with van der Waals surface area (Å²) in [5, 5.41) is 0. The third kappa shape index (κ3) is 2.60. The van der Waals surface area contributed by atoms with Gasteiger partial charge in [0.15, 0.2) is 27.8 Å². The normalized spacial score (nSPS) is 14.6. The Morgan fingerprint density at radius 1 is 1.07 bits per heavy atom. The monoisotopic (exact) mass is 380 g/mol. The molecule has 0 atom stereocenters. The fourth-order valence-corrected chi connectivity index (χ4v) is 4.01. The van der Waals surface area contributed by atoms with Crippen LogP contribution in [0.4, 0.5) is 0 Å². The summed E-state index contributed by atoms with van der Waals surface area (Å²) in [6.45, 7) is 0.631. The van der Waals surface area contributed by atoms with Crippen LogP contribution in [0.5, 0.6) is 23.0 Å². The zero-order valence-corrected chi connectivity index (χ0v) is 14.7. The SMILES string of the molecule is C#CCn1c(=NC(=O)c2ccc3c(c2)OCO3)sc2cc3c(cc21)OCO3. The quantitative estimate of drug-likeness (QED) is 0.639. The molecule has 2 aliphatic rings. The number of fused-ring (bicyclic) bond motifs is 3. The van der Waals surface area contributed by atoms with Gasteiger partial charge in [-0.25, -0.2) is 0 Å². The molecule has 8 heteroatoms. The van der Waals surface area contributed by atoms with E-state index in [1.54, 1.807) is 18.2 Å². The highest BCUT2D eigenvalue weighted by atomic mass is 32.1. The molecular formula is C19H12N2O5S. The van der Waals surface area contributed by atoms with Crippen molar-refractivity contribution in [3.05, 3.63) is 40.7 Å². The van der Waals surface area contributed by atoms with Gasteiger partial charge in [-0.15, -0.1) is 6.42 Å². The summed E-state index contributed by atoms with van der Waals surface area (Å²) >= 11 is 1.37. The van der Waals surface area contributed by atoms with Crippen LogP contribution in [-0.2, 0) is 6.54 Å². The number of rotatable bonds is 2. The van der Waals surface area contributed by atoms with Gasteiger partial charge in [0.25, 0.3) is 5.91 Å². The molecular weight excluding hydrogens is 368 g/mol. The molecule has 0 spiro atoms. The van der Waals surface area contributed by atoms with Crippen molar-refractivity contribution >= 4 is 27.5 Å². The van der Waals surface area contributed by atoms with Gasteiger partial charge >= 0.3 is 0 Å². The molecule has 0 fully saturated rings. The van der Waals surface area contributed by atoms with E-state index in [0.29, 0.717) is 33.4 Å². The standard InChI is InChI=1S/C19H12N2O5S/c1-2-5-21-12-7-15-16(26-10-25-15)8-17(12)27-19(21)20-18(22)11-3-4-13-14(6-11)24-9-23-13/h1,3-4,6-8H,5,9-10H2. The zero-order chi connectivity index (χ0) is 18.4. The molecule has 0 unspecified atom stereocenters. The molecule has 5 rings (SSSR count). The van der Waals surface area contributed by atoms with Gasteiger partial charge < -0.3 is 23.5 Å². The molecule has 0 aliphatic carbocycles. The number of nitrogens with zero attached hydrogens (tertiary/aromatic N) is 2. The number of terminal acetylenes is 1. The van der Waals surface area contributed by atoms with Crippen molar-refractivity contribution in [2.45, 2.75) is 6.54 Å². The number of benzene rings is 2. The molecule has 7 nitrogen and oxygen atoms in total. The maximum absolute atomic E-state index is 12.7. The zero-order valence-electron chi connectivity index (χ0n) is 13.9. The first-order valence-electron chi connectivity index (χ1n) is 8.08. The molecule has 2 aromatic carbocycles. The Kier molecular flexibility index (Phi) is 3.55. The summed E-state index contributed by atoms with van der Waals surface area (Å²) in [6, 6.07) is 8.72. The third-order valence-corrected chi connectivity index (χ3v) is 5.28. The lowest BCUT2D eigenvalue weighted by Gasteiger charge is -2.01. The molecule has 2 aliphatic heterocycles. The van der Waals surface area contributed by atoms with Crippen molar-refractivity contribution in [1.82, 2.24) is 4.57 Å². The predicted octanol–water partition coefficient (Wildman–Crippen LogP) is 2.53. The lowest BCUT2D eigenvalue weighted by atomic mass is 10.2. The number of hydrogen-bond donors (Lipinski definition) is 0. The lowest BCUT2D eigenvalue weighted by Crippen LogP contribution is -2.16. The van der Waals surface area contributed by atoms with Crippen LogP contribution < -0.4 is 23.7 Å². The van der Waals surface area contributed by atoms with Gasteiger partial charge in [-0.05, 0) is 18.2 Å². The first-order valence-corrected chi connectivity index (χ1v) is 8.90. The van der Waals surface area contributed by atoms with Crippen LogP contribution in [0.25, 0.3) is 10.2 Å². The van der Waals surface area contributed by atoms with E-state index in [9.17, 15) is 4.79 Å². The van der Waals surface area contributed by atoms with Gasteiger partial charge in [0.2, 0.25) is 13.6 Å². The number of carbonyl (C=O) groups excluding carboxylic acids is 1. The summed E-state index contributed by atoms with van der Waals surface area (Å²) in [7, 11) is 0. The van der Waals surface area contributed by atoms with Crippen LogP contribution in [0.15, 0.2) is 35.3 Å². The van der Waals surface area contributed by atoms with E-state index in [-0.39, 0.29) is 26.0 Å². The van der Waals surface area contributed by atoms with Crippen molar-refractivity contribution in [3.8, 4) is 35.3 Å². The van der Waals surface area contributed by atoms with E-state index in [1.807, 2.05) is 16.7 Å². The fraction of sp³-hybridized carbons (Fsp3) is 0.158. The van der Waals surface area contributed by atoms with Crippen molar-refractivity contribution in [2.75, 3.05) is 13.6 Å². The molecule has 0 radical (unpaired) electrons. The van der Waals surface area contributed by atoms with Crippen molar-refractivity contribution in [3.63, 3.8) is 0 Å². The summed E-state index contributed by atoms with van der Waals surface area (Å²) in [5.74, 6) is 4.70. The summed E-state index contributed by atoms with van der Waals surface area (Å²) in [4.78, 5) is 17.5. The summed E-state index contributed by atoms with van der Waals surface area (Å²) < 4.78 is 24.2. The molecule has 0 N–H and O–H groups in total. The van der Waals surface area contributed by atoms with E-state index in [1.165, 1.54) is 11.3 Å². The Morgan fingerprint density at radius 3 is 2.56 bits per heavy atom. The largest absolute Gasteiger partial charge is 0.454 e. The molecule has 1 aromatic heterocycles. The van der Waals surface area contributed by atoms with Gasteiger partial charge in [0.05, 0.1) is 16.8 Å². The van der Waals surface area contributed by atoms with Crippen LogP contribution in [-0.4, -0.2) is 24.1 Å². The second-order valence-corrected chi connectivity index (χ2v) is 6.84. The van der Waals surface area contributed by atoms with Gasteiger partial charge in [0.1, 0.15) is 0 Å². The minimum atomic E-state index is -0.384. The average molecular weight is 380 g/mol. The summed E-state index contributed by atoms with van der Waals surface area (Å²) in [6.07, 6.45) is 5.52. The topological polar surface area (TPSA) is 71.3 Å². The van der Waals surface area contributed by atoms with Gasteiger partial charge in [-0.2, -0.15) is 4.99 Å². The number of ether oxygens (including phenoxy) is 4. The van der Waals surface area contributed by atoms with Crippen LogP contribution in [0.2, 0.25) is 0 Å². The van der Waals surface area contributed by atoms with E-state index < -0.39 is 0 Å². The van der Waals surface area contributed by atoms with Gasteiger partial charge in [0, 0.05) is 17.7 Å². The Bertz CT molecular complexity index is 1200. The van der Waals surface area contributed by atoms with Crippen molar-refractivity contribution in [2.24, 2.45) is 4.99 Å². The van der Waals surface area contributed by atoms with E-state index in [0.717, 1.165) is 10.2 Å². The second kappa shape index (κ2) is 6.07. The Morgan fingerprint density at radius 2 is 1.78 bits per heavy atom. The van der Waals surface area contributed by atoms with Crippen LogP contribution in [0, 0.1) is 12.3 Å². The highest BCUT2D eigenvalue weighted by Crippen LogP contribution is 2.37. The maximum Gasteiger partial charge on any atom is 0.279 e. The number of amides is 1. The number of carbonyl (C=O) groups is 1.